The number of hydrogen-bond donors (Lipinski definition) is 1. The van der Waals surface area contributed by atoms with Crippen molar-refractivity contribution in [2.75, 3.05) is 37.9 Å². The summed E-state index contributed by atoms with van der Waals surface area (Å²) in [6, 6.07) is 12.4. The normalized spacial score (nSPS) is 11.0. The summed E-state index contributed by atoms with van der Waals surface area (Å²) in [6.07, 6.45) is 1.69. The Morgan fingerprint density at radius 1 is 1.03 bits per heavy atom. The van der Waals surface area contributed by atoms with Gasteiger partial charge in [-0.2, -0.15) is 0 Å². The number of amides is 1. The van der Waals surface area contributed by atoms with Gasteiger partial charge in [-0.05, 0) is 43.2 Å². The third-order valence-corrected chi connectivity index (χ3v) is 5.72. The molecule has 9 heteroatoms. The van der Waals surface area contributed by atoms with E-state index in [1.807, 2.05) is 19.1 Å². The van der Waals surface area contributed by atoms with E-state index >= 15 is 0 Å². The Labute approximate surface area is 184 Å². The lowest BCUT2D eigenvalue weighted by Crippen LogP contribution is -2.32. The fourth-order valence-corrected chi connectivity index (χ4v) is 4.04. The van der Waals surface area contributed by atoms with Gasteiger partial charge in [-0.1, -0.05) is 18.2 Å². The van der Waals surface area contributed by atoms with Gasteiger partial charge in [0, 0.05) is 19.5 Å². The molecule has 2 rings (SSSR count). The van der Waals surface area contributed by atoms with Crippen LogP contribution in [-0.2, 0) is 21.4 Å². The Balaban J connectivity index is 1.94. The first kappa shape index (κ1) is 24.3. The van der Waals surface area contributed by atoms with E-state index in [0.717, 1.165) is 11.8 Å². The summed E-state index contributed by atoms with van der Waals surface area (Å²) in [5.41, 5.74) is 1.33. The lowest BCUT2D eigenvalue weighted by atomic mass is 10.2. The van der Waals surface area contributed by atoms with E-state index < -0.39 is 10.0 Å². The van der Waals surface area contributed by atoms with Crippen molar-refractivity contribution in [2.45, 2.75) is 26.3 Å². The molecule has 2 aromatic rings. The molecule has 1 amide bonds. The van der Waals surface area contributed by atoms with Crippen molar-refractivity contribution in [3.8, 4) is 17.2 Å². The van der Waals surface area contributed by atoms with Crippen molar-refractivity contribution >= 4 is 21.6 Å². The summed E-state index contributed by atoms with van der Waals surface area (Å²) in [4.78, 5) is 12.3. The average molecular weight is 451 g/mol. The van der Waals surface area contributed by atoms with Crippen LogP contribution in [0.15, 0.2) is 42.5 Å². The number of ether oxygens (including phenoxy) is 3. The largest absolute Gasteiger partial charge is 0.495 e. The Bertz CT molecular complexity index is 978. The molecule has 0 bridgehead atoms. The van der Waals surface area contributed by atoms with Crippen LogP contribution in [0.25, 0.3) is 0 Å². The summed E-state index contributed by atoms with van der Waals surface area (Å²) in [6.45, 7) is 2.91. The molecule has 0 radical (unpaired) electrons. The van der Waals surface area contributed by atoms with E-state index in [4.69, 9.17) is 14.2 Å². The Morgan fingerprint density at radius 2 is 1.74 bits per heavy atom. The van der Waals surface area contributed by atoms with Crippen molar-refractivity contribution in [3.05, 3.63) is 48.0 Å². The van der Waals surface area contributed by atoms with E-state index in [1.165, 1.54) is 11.4 Å². The van der Waals surface area contributed by atoms with Gasteiger partial charge in [0.2, 0.25) is 15.9 Å². The Kier molecular flexibility index (Phi) is 8.99. The van der Waals surface area contributed by atoms with Crippen molar-refractivity contribution in [1.29, 1.82) is 0 Å². The second kappa shape index (κ2) is 11.5. The monoisotopic (exact) mass is 450 g/mol. The van der Waals surface area contributed by atoms with Crippen molar-refractivity contribution in [2.24, 2.45) is 0 Å². The quantitative estimate of drug-likeness (QED) is 0.534. The van der Waals surface area contributed by atoms with Gasteiger partial charge in [-0.15, -0.1) is 0 Å². The molecular formula is C22H30N2O6S. The first-order chi connectivity index (χ1) is 14.8. The van der Waals surface area contributed by atoms with Crippen molar-refractivity contribution < 1.29 is 27.4 Å². The zero-order valence-electron chi connectivity index (χ0n) is 18.4. The SMILES string of the molecule is CCOc1cc(CNC(=O)CCCN(c2ccccc2OC)S(C)(=O)=O)ccc1OC. The number of carbonyl (C=O) groups excluding carboxylic acids is 1. The number of hydrogen-bond acceptors (Lipinski definition) is 6. The molecule has 31 heavy (non-hydrogen) atoms. The third-order valence-electron chi connectivity index (χ3n) is 4.54. The van der Waals surface area contributed by atoms with Crippen LogP contribution in [-0.4, -0.2) is 48.0 Å². The van der Waals surface area contributed by atoms with Crippen molar-refractivity contribution in [3.63, 3.8) is 0 Å². The van der Waals surface area contributed by atoms with Crippen molar-refractivity contribution in [1.82, 2.24) is 5.32 Å². The first-order valence-electron chi connectivity index (χ1n) is 9.97. The highest BCUT2D eigenvalue weighted by atomic mass is 32.2. The summed E-state index contributed by atoms with van der Waals surface area (Å²) in [5.74, 6) is 1.55. The minimum atomic E-state index is -3.52. The molecule has 0 atom stereocenters. The van der Waals surface area contributed by atoms with Gasteiger partial charge in [-0.25, -0.2) is 8.42 Å². The maximum atomic E-state index is 12.3. The van der Waals surface area contributed by atoms with Crippen LogP contribution in [0.4, 0.5) is 5.69 Å². The number of nitrogens with zero attached hydrogens (tertiary/aromatic N) is 1. The molecule has 0 spiro atoms. The molecule has 2 aromatic carbocycles. The van der Waals surface area contributed by atoms with Gasteiger partial charge in [0.05, 0.1) is 32.8 Å². The minimum Gasteiger partial charge on any atom is -0.495 e. The number of benzene rings is 2. The number of anilines is 1. The zero-order chi connectivity index (χ0) is 22.9. The number of rotatable bonds is 12. The van der Waals surface area contributed by atoms with Crippen LogP contribution < -0.4 is 23.8 Å². The first-order valence-corrected chi connectivity index (χ1v) is 11.8. The molecule has 0 aromatic heterocycles. The molecule has 0 saturated carbocycles. The number of sulfonamides is 1. The van der Waals surface area contributed by atoms with E-state index in [-0.39, 0.29) is 18.9 Å². The van der Waals surface area contributed by atoms with Crippen LogP contribution in [0.5, 0.6) is 17.2 Å². The molecular weight excluding hydrogens is 420 g/mol. The highest BCUT2D eigenvalue weighted by Crippen LogP contribution is 2.30. The Morgan fingerprint density at radius 3 is 2.39 bits per heavy atom. The highest BCUT2D eigenvalue weighted by Gasteiger charge is 2.20. The summed E-state index contributed by atoms with van der Waals surface area (Å²) >= 11 is 0. The summed E-state index contributed by atoms with van der Waals surface area (Å²) < 4.78 is 41.9. The predicted octanol–water partition coefficient (Wildman–Crippen LogP) is 2.97. The molecule has 0 heterocycles. The van der Waals surface area contributed by atoms with Crippen LogP contribution in [0, 0.1) is 0 Å². The summed E-state index contributed by atoms with van der Waals surface area (Å²) in [5, 5.41) is 2.85. The van der Waals surface area contributed by atoms with Gasteiger partial charge in [0.25, 0.3) is 0 Å². The molecule has 0 aliphatic heterocycles. The highest BCUT2D eigenvalue weighted by molar-refractivity contribution is 7.92. The van der Waals surface area contributed by atoms with Gasteiger partial charge in [-0.3, -0.25) is 9.10 Å². The third kappa shape index (κ3) is 7.06. The molecule has 8 nitrogen and oxygen atoms in total. The standard InChI is InChI=1S/C22H30N2O6S/c1-5-30-21-15-17(12-13-20(21)29-3)16-23-22(25)11-8-14-24(31(4,26)27)18-9-6-7-10-19(18)28-2/h6-7,9-10,12-13,15H,5,8,11,14,16H2,1-4H3,(H,23,25). The van der Waals surface area contributed by atoms with Gasteiger partial charge in [0.1, 0.15) is 5.75 Å². The fraction of sp³-hybridized carbons (Fsp3) is 0.409. The van der Waals surface area contributed by atoms with Gasteiger partial charge < -0.3 is 19.5 Å². The number of methoxy groups -OCH3 is 2. The minimum absolute atomic E-state index is 0.165. The Hall–Kier alpha value is -2.94. The predicted molar refractivity (Wildman–Crippen MR) is 120 cm³/mol. The van der Waals surface area contributed by atoms with E-state index in [2.05, 4.69) is 5.32 Å². The summed E-state index contributed by atoms with van der Waals surface area (Å²) in [7, 11) is -0.462. The van der Waals surface area contributed by atoms with Gasteiger partial charge >= 0.3 is 0 Å². The molecule has 0 unspecified atom stereocenters. The second-order valence-corrected chi connectivity index (χ2v) is 8.71. The fourth-order valence-electron chi connectivity index (χ4n) is 3.07. The average Bonchev–Trinajstić information content (AvgIpc) is 2.75. The lowest BCUT2D eigenvalue weighted by Gasteiger charge is -2.24. The molecule has 0 aliphatic rings. The maximum Gasteiger partial charge on any atom is 0.232 e. The zero-order valence-corrected chi connectivity index (χ0v) is 19.2. The molecule has 0 aliphatic carbocycles. The maximum absolute atomic E-state index is 12.3. The number of carbonyl (C=O) groups is 1. The number of nitrogens with one attached hydrogen (secondary N) is 1. The van der Waals surface area contributed by atoms with E-state index in [9.17, 15) is 13.2 Å². The van der Waals surface area contributed by atoms with Crippen LogP contribution >= 0.6 is 0 Å². The number of para-hydroxylation sites is 2. The lowest BCUT2D eigenvalue weighted by molar-refractivity contribution is -0.121. The van der Waals surface area contributed by atoms with Crippen LogP contribution in [0.1, 0.15) is 25.3 Å². The van der Waals surface area contributed by atoms with E-state index in [0.29, 0.717) is 42.5 Å². The van der Waals surface area contributed by atoms with E-state index in [1.54, 1.807) is 37.4 Å². The van der Waals surface area contributed by atoms with Gasteiger partial charge in [0.15, 0.2) is 11.5 Å². The van der Waals surface area contributed by atoms with Crippen LogP contribution in [0.2, 0.25) is 0 Å². The molecule has 1 N–H and O–H groups in total. The molecule has 0 fully saturated rings. The second-order valence-electron chi connectivity index (χ2n) is 6.81. The van der Waals surface area contributed by atoms with Crippen LogP contribution in [0.3, 0.4) is 0 Å². The molecule has 0 saturated heterocycles. The smallest absolute Gasteiger partial charge is 0.232 e. The molecule has 170 valence electrons. The topological polar surface area (TPSA) is 94.2 Å².